The topological polar surface area (TPSA) is 146 Å². The molecule has 1 aromatic carbocycles. The van der Waals surface area contributed by atoms with Crippen LogP contribution in [-0.4, -0.2) is 31.5 Å². The van der Waals surface area contributed by atoms with E-state index in [9.17, 15) is 37.3 Å². The molecular weight excluding hydrogens is 508 g/mol. The van der Waals surface area contributed by atoms with Gasteiger partial charge in [-0.05, 0) is 29.3 Å². The summed E-state index contributed by atoms with van der Waals surface area (Å²) in [5.74, 6) is -2.29. The van der Waals surface area contributed by atoms with Crippen LogP contribution in [0.1, 0.15) is 21.8 Å². The third-order valence-corrected chi connectivity index (χ3v) is 6.09. The van der Waals surface area contributed by atoms with Crippen LogP contribution >= 0.6 is 11.3 Å². The molecule has 3 aromatic heterocycles. The number of rotatable bonds is 7. The van der Waals surface area contributed by atoms with Crippen molar-refractivity contribution < 1.29 is 32.1 Å². The van der Waals surface area contributed by atoms with Crippen LogP contribution in [0.5, 0.6) is 0 Å². The number of amides is 2. The van der Waals surface area contributed by atoms with Crippen LogP contribution in [0, 0.1) is 15.9 Å². The number of carbonyl (C=O) groups excluding carboxylic acids is 2. The first-order valence-electron chi connectivity index (χ1n) is 10.0. The number of hydrogen-bond donors (Lipinski definition) is 2. The molecule has 3 heterocycles. The summed E-state index contributed by atoms with van der Waals surface area (Å²) in [4.78, 5) is 38.1. The molecule has 10 nitrogen and oxygen atoms in total. The maximum Gasteiger partial charge on any atom is 0.433 e. The number of thiophene rings is 1. The number of primary amides is 1. The van der Waals surface area contributed by atoms with Gasteiger partial charge in [0.25, 0.3) is 5.91 Å². The van der Waals surface area contributed by atoms with Gasteiger partial charge < -0.3 is 11.1 Å². The van der Waals surface area contributed by atoms with E-state index in [2.05, 4.69) is 15.4 Å². The van der Waals surface area contributed by atoms with Gasteiger partial charge in [-0.3, -0.25) is 24.4 Å². The molecule has 4 rings (SSSR count). The molecule has 15 heteroatoms. The second kappa shape index (κ2) is 9.33. The molecule has 0 saturated carbocycles. The second-order valence-electron chi connectivity index (χ2n) is 7.43. The fourth-order valence-electron chi connectivity index (χ4n) is 3.38. The molecule has 0 unspecified atom stereocenters. The molecule has 4 aromatic rings. The number of pyridine rings is 1. The number of fused-ring (bicyclic) bond motifs is 1. The highest BCUT2D eigenvalue weighted by atomic mass is 32.1. The lowest BCUT2D eigenvalue weighted by Crippen LogP contribution is -2.18. The smallest absolute Gasteiger partial charge is 0.365 e. The zero-order valence-corrected chi connectivity index (χ0v) is 18.7. The van der Waals surface area contributed by atoms with Crippen molar-refractivity contribution in [1.29, 1.82) is 0 Å². The second-order valence-corrected chi connectivity index (χ2v) is 8.43. The van der Waals surface area contributed by atoms with Gasteiger partial charge in [-0.25, -0.2) is 9.37 Å². The van der Waals surface area contributed by atoms with Crippen molar-refractivity contribution in [3.8, 4) is 11.1 Å². The van der Waals surface area contributed by atoms with Crippen LogP contribution < -0.4 is 11.1 Å². The number of benzene rings is 1. The number of carbonyl (C=O) groups is 2. The largest absolute Gasteiger partial charge is 0.433 e. The minimum Gasteiger partial charge on any atom is -0.365 e. The molecule has 0 atom stereocenters. The van der Waals surface area contributed by atoms with Crippen molar-refractivity contribution in [1.82, 2.24) is 14.8 Å². The zero-order chi connectivity index (χ0) is 26.2. The molecule has 2 amide bonds. The lowest BCUT2D eigenvalue weighted by atomic mass is 10.0. The van der Waals surface area contributed by atoms with Gasteiger partial charge in [0.2, 0.25) is 5.91 Å². The lowest BCUT2D eigenvalue weighted by Gasteiger charge is -2.12. The Morgan fingerprint density at radius 1 is 1.22 bits per heavy atom. The summed E-state index contributed by atoms with van der Waals surface area (Å²) < 4.78 is 55.2. The van der Waals surface area contributed by atoms with E-state index >= 15 is 0 Å². The summed E-state index contributed by atoms with van der Waals surface area (Å²) in [6.07, 6.45) is -2.93. The highest BCUT2D eigenvalue weighted by molar-refractivity contribution is 7.21. The van der Waals surface area contributed by atoms with Gasteiger partial charge in [0.05, 0.1) is 10.6 Å². The van der Waals surface area contributed by atoms with E-state index in [4.69, 9.17) is 5.73 Å². The number of hydrogen-bond acceptors (Lipinski definition) is 7. The first-order chi connectivity index (χ1) is 16.9. The van der Waals surface area contributed by atoms with E-state index in [0.29, 0.717) is 11.3 Å². The van der Waals surface area contributed by atoms with Crippen LogP contribution in [-0.2, 0) is 17.5 Å². The predicted octanol–water partition coefficient (Wildman–Crippen LogP) is 4.35. The zero-order valence-electron chi connectivity index (χ0n) is 17.9. The van der Waals surface area contributed by atoms with Crippen molar-refractivity contribution in [2.75, 3.05) is 5.32 Å². The van der Waals surface area contributed by atoms with Gasteiger partial charge in [-0.1, -0.05) is 12.1 Å². The summed E-state index contributed by atoms with van der Waals surface area (Å²) >= 11 is 0.570. The Hall–Kier alpha value is -4.40. The Morgan fingerprint density at radius 3 is 2.50 bits per heavy atom. The Kier molecular flexibility index (Phi) is 6.41. The minimum atomic E-state index is -4.82. The number of alkyl halides is 3. The summed E-state index contributed by atoms with van der Waals surface area (Å²) in [6, 6.07) is 5.35. The molecule has 0 radical (unpaired) electrons. The van der Waals surface area contributed by atoms with Gasteiger partial charge in [0, 0.05) is 18.4 Å². The van der Waals surface area contributed by atoms with Crippen LogP contribution in [0.15, 0.2) is 42.7 Å². The monoisotopic (exact) mass is 522 g/mol. The normalized spacial score (nSPS) is 11.6. The SMILES string of the molecule is NC(=O)c1sc2nc(C(F)(F)F)cc(-c3ccc(F)cc3)c2c1NC(=O)CCn1cc([N+](=O)[O-])cn1. The molecule has 36 heavy (non-hydrogen) atoms. The fraction of sp³-hybridized carbons (Fsp3) is 0.143. The number of aryl methyl sites for hydroxylation is 1. The molecule has 186 valence electrons. The van der Waals surface area contributed by atoms with Gasteiger partial charge in [-0.2, -0.15) is 18.3 Å². The van der Waals surface area contributed by atoms with E-state index in [-0.39, 0.29) is 50.6 Å². The van der Waals surface area contributed by atoms with Crippen molar-refractivity contribution >= 4 is 44.7 Å². The van der Waals surface area contributed by atoms with Crippen LogP contribution in [0.4, 0.5) is 28.9 Å². The number of nitrogens with two attached hydrogens (primary N) is 1. The molecular formula is C21H14F4N6O4S. The Labute approximate surface area is 202 Å². The van der Waals surface area contributed by atoms with Crippen molar-refractivity contribution in [3.05, 3.63) is 69.2 Å². The van der Waals surface area contributed by atoms with E-state index in [1.54, 1.807) is 0 Å². The molecule has 0 fully saturated rings. The van der Waals surface area contributed by atoms with E-state index in [1.807, 2.05) is 0 Å². The summed E-state index contributed by atoms with van der Waals surface area (Å²) in [5.41, 5.74) is 3.90. The Bertz CT molecular complexity index is 1500. The van der Waals surface area contributed by atoms with E-state index in [0.717, 1.165) is 30.6 Å². The summed E-state index contributed by atoms with van der Waals surface area (Å²) in [7, 11) is 0. The predicted molar refractivity (Wildman–Crippen MR) is 121 cm³/mol. The minimum absolute atomic E-state index is 0.0245. The molecule has 0 bridgehead atoms. The van der Waals surface area contributed by atoms with Crippen LogP contribution in [0.2, 0.25) is 0 Å². The third-order valence-electron chi connectivity index (χ3n) is 4.99. The van der Waals surface area contributed by atoms with Gasteiger partial charge >= 0.3 is 11.9 Å². The summed E-state index contributed by atoms with van der Waals surface area (Å²) in [6.45, 7) is -0.0606. The van der Waals surface area contributed by atoms with Gasteiger partial charge in [-0.15, -0.1) is 11.3 Å². The fourth-order valence-corrected chi connectivity index (χ4v) is 4.39. The number of nitrogens with one attached hydrogen (secondary N) is 1. The molecule has 0 aliphatic carbocycles. The maximum absolute atomic E-state index is 13.5. The van der Waals surface area contributed by atoms with Gasteiger partial charge in [0.1, 0.15) is 33.6 Å². The standard InChI is InChI=1S/C21H14F4N6O4S/c22-11-3-1-10(2-4-11)13-7-14(21(23,24)25)28-20-16(13)17(18(36-20)19(26)33)29-15(32)5-6-30-9-12(8-27-30)31(34)35/h1-4,7-9H,5-6H2,(H2,26,33)(H,29,32). The van der Waals surface area contributed by atoms with E-state index < -0.39 is 34.4 Å². The first kappa shape index (κ1) is 24.7. The number of anilines is 1. The van der Waals surface area contributed by atoms with Crippen molar-refractivity contribution in [3.63, 3.8) is 0 Å². The summed E-state index contributed by atoms with van der Waals surface area (Å²) in [5, 5.41) is 17.1. The Morgan fingerprint density at radius 2 is 1.92 bits per heavy atom. The highest BCUT2D eigenvalue weighted by Crippen LogP contribution is 2.43. The average molecular weight is 522 g/mol. The number of nitro groups is 1. The van der Waals surface area contributed by atoms with Crippen LogP contribution in [0.3, 0.4) is 0 Å². The molecule has 0 aliphatic rings. The number of aromatic nitrogens is 3. The highest BCUT2D eigenvalue weighted by Gasteiger charge is 2.35. The lowest BCUT2D eigenvalue weighted by molar-refractivity contribution is -0.385. The van der Waals surface area contributed by atoms with Gasteiger partial charge in [0.15, 0.2) is 0 Å². The Balaban J connectivity index is 1.77. The third kappa shape index (κ3) is 5.00. The molecule has 0 aliphatic heterocycles. The maximum atomic E-state index is 13.5. The quantitative estimate of drug-likeness (QED) is 0.210. The molecule has 0 saturated heterocycles. The first-order valence-corrected chi connectivity index (χ1v) is 10.8. The average Bonchev–Trinajstić information content (AvgIpc) is 3.42. The van der Waals surface area contributed by atoms with Crippen molar-refractivity contribution in [2.24, 2.45) is 5.73 Å². The van der Waals surface area contributed by atoms with E-state index in [1.165, 1.54) is 16.8 Å². The van der Waals surface area contributed by atoms with Crippen molar-refractivity contribution in [2.45, 2.75) is 19.1 Å². The number of nitrogens with zero attached hydrogens (tertiary/aromatic N) is 4. The molecule has 3 N–H and O–H groups in total. The molecule has 0 spiro atoms. The number of halogens is 4. The van der Waals surface area contributed by atoms with Crippen LogP contribution in [0.25, 0.3) is 21.3 Å².